The summed E-state index contributed by atoms with van der Waals surface area (Å²) in [5.74, 6) is -1.33. The second kappa shape index (κ2) is 8.07. The molecule has 2 aliphatic heterocycles. The molecule has 1 atom stereocenters. The number of rotatable bonds is 5. The molecule has 4 rings (SSSR count). The fourth-order valence-corrected chi connectivity index (χ4v) is 4.60. The van der Waals surface area contributed by atoms with Gasteiger partial charge < -0.3 is 14.9 Å². The predicted molar refractivity (Wildman–Crippen MR) is 114 cm³/mol. The molecule has 30 heavy (non-hydrogen) atoms. The lowest BCUT2D eigenvalue weighted by Crippen LogP contribution is -2.37. The number of ketones is 1. The standard InChI is InChI=1S/C23H28N4O3/c1-15-18(16(2)25(3)24-15)21(28)19-20(17-9-5-4-6-10-17)27(23(30)22(19)29)14-13-26-11-7-8-12-26/h4-6,9-10,20,28H,7-8,11-14H2,1-3H3/b21-19+. The number of Topliss-reactive ketones (excluding diaryl/α,β-unsaturated/α-hetero) is 1. The Morgan fingerprint density at radius 2 is 1.77 bits per heavy atom. The SMILES string of the molecule is Cc1nn(C)c(C)c1/C(O)=C1\C(=O)C(=O)N(CCN2CCCC2)C1c1ccccc1. The summed E-state index contributed by atoms with van der Waals surface area (Å²) < 4.78 is 1.67. The van der Waals surface area contributed by atoms with Crippen LogP contribution in [-0.4, -0.2) is 62.6 Å². The summed E-state index contributed by atoms with van der Waals surface area (Å²) in [6, 6.07) is 8.86. The van der Waals surface area contributed by atoms with Gasteiger partial charge >= 0.3 is 0 Å². The monoisotopic (exact) mass is 408 g/mol. The predicted octanol–water partition coefficient (Wildman–Crippen LogP) is 2.55. The summed E-state index contributed by atoms with van der Waals surface area (Å²) in [5.41, 5.74) is 2.87. The summed E-state index contributed by atoms with van der Waals surface area (Å²) in [6.45, 7) is 6.86. The molecule has 2 aliphatic rings. The topological polar surface area (TPSA) is 78.7 Å². The molecule has 2 saturated heterocycles. The van der Waals surface area contributed by atoms with Gasteiger partial charge in [-0.1, -0.05) is 30.3 Å². The summed E-state index contributed by atoms with van der Waals surface area (Å²) in [7, 11) is 1.79. The van der Waals surface area contributed by atoms with Crippen molar-refractivity contribution < 1.29 is 14.7 Å². The lowest BCUT2D eigenvalue weighted by molar-refractivity contribution is -0.140. The molecule has 7 nitrogen and oxygen atoms in total. The highest BCUT2D eigenvalue weighted by Gasteiger charge is 2.46. The molecular weight excluding hydrogens is 380 g/mol. The number of aliphatic hydroxyl groups excluding tert-OH is 1. The second-order valence-corrected chi connectivity index (χ2v) is 8.12. The van der Waals surface area contributed by atoms with Crippen molar-refractivity contribution in [1.82, 2.24) is 19.6 Å². The normalized spacial score (nSPS) is 21.7. The zero-order valence-corrected chi connectivity index (χ0v) is 17.8. The van der Waals surface area contributed by atoms with E-state index in [1.165, 1.54) is 12.8 Å². The Morgan fingerprint density at radius 1 is 1.10 bits per heavy atom. The van der Waals surface area contributed by atoms with Gasteiger partial charge in [-0.05, 0) is 45.3 Å². The molecule has 0 aliphatic carbocycles. The summed E-state index contributed by atoms with van der Waals surface area (Å²) in [5, 5.41) is 15.6. The van der Waals surface area contributed by atoms with Crippen LogP contribution in [0.15, 0.2) is 35.9 Å². The van der Waals surface area contributed by atoms with Crippen LogP contribution in [0.25, 0.3) is 5.76 Å². The van der Waals surface area contributed by atoms with Crippen molar-refractivity contribution in [2.45, 2.75) is 32.7 Å². The number of aromatic nitrogens is 2. The van der Waals surface area contributed by atoms with Gasteiger partial charge in [0.05, 0.1) is 22.9 Å². The number of hydrogen-bond donors (Lipinski definition) is 1. The number of nitrogens with zero attached hydrogens (tertiary/aromatic N) is 4. The Labute approximate surface area is 176 Å². The van der Waals surface area contributed by atoms with Gasteiger partial charge in [0.1, 0.15) is 5.76 Å². The molecular formula is C23H28N4O3. The molecule has 0 bridgehead atoms. The number of aryl methyl sites for hydroxylation is 2. The van der Waals surface area contributed by atoms with Crippen LogP contribution in [0.2, 0.25) is 0 Å². The third-order valence-corrected chi connectivity index (χ3v) is 6.26. The molecule has 7 heteroatoms. The molecule has 2 fully saturated rings. The van der Waals surface area contributed by atoms with E-state index in [1.807, 2.05) is 37.3 Å². The van der Waals surface area contributed by atoms with Crippen LogP contribution in [-0.2, 0) is 16.6 Å². The molecule has 1 N–H and O–H groups in total. The third kappa shape index (κ3) is 3.43. The maximum Gasteiger partial charge on any atom is 0.295 e. The molecule has 1 aromatic carbocycles. The molecule has 1 unspecified atom stereocenters. The smallest absolute Gasteiger partial charge is 0.295 e. The van der Waals surface area contributed by atoms with Crippen molar-refractivity contribution >= 4 is 17.4 Å². The van der Waals surface area contributed by atoms with Crippen molar-refractivity contribution in [2.75, 3.05) is 26.2 Å². The number of amides is 1. The van der Waals surface area contributed by atoms with Crippen LogP contribution in [0.5, 0.6) is 0 Å². The highest BCUT2D eigenvalue weighted by atomic mass is 16.3. The highest BCUT2D eigenvalue weighted by molar-refractivity contribution is 6.46. The molecule has 158 valence electrons. The van der Waals surface area contributed by atoms with E-state index in [0.29, 0.717) is 17.8 Å². The van der Waals surface area contributed by atoms with Gasteiger partial charge in [-0.2, -0.15) is 5.10 Å². The van der Waals surface area contributed by atoms with Crippen LogP contribution in [0.3, 0.4) is 0 Å². The Kier molecular flexibility index (Phi) is 5.47. The molecule has 3 heterocycles. The summed E-state index contributed by atoms with van der Waals surface area (Å²) in [4.78, 5) is 30.0. The lowest BCUT2D eigenvalue weighted by atomic mass is 9.95. The number of benzene rings is 1. The first-order valence-electron chi connectivity index (χ1n) is 10.5. The first-order valence-corrected chi connectivity index (χ1v) is 10.5. The molecule has 2 aromatic rings. The zero-order chi connectivity index (χ0) is 21.4. The molecule has 1 amide bonds. The largest absolute Gasteiger partial charge is 0.507 e. The van der Waals surface area contributed by atoms with Crippen molar-refractivity contribution in [2.24, 2.45) is 7.05 Å². The fourth-order valence-electron chi connectivity index (χ4n) is 4.60. The van der Waals surface area contributed by atoms with Crippen LogP contribution in [0, 0.1) is 13.8 Å². The Morgan fingerprint density at radius 3 is 2.37 bits per heavy atom. The Bertz CT molecular complexity index is 1000. The van der Waals surface area contributed by atoms with Gasteiger partial charge in [0.25, 0.3) is 11.7 Å². The van der Waals surface area contributed by atoms with E-state index >= 15 is 0 Å². The molecule has 0 spiro atoms. The van der Waals surface area contributed by atoms with Crippen LogP contribution in [0.4, 0.5) is 0 Å². The van der Waals surface area contributed by atoms with E-state index in [9.17, 15) is 14.7 Å². The minimum Gasteiger partial charge on any atom is -0.507 e. The molecule has 0 saturated carbocycles. The maximum atomic E-state index is 13.1. The minimum atomic E-state index is -0.634. The van der Waals surface area contributed by atoms with E-state index in [2.05, 4.69) is 10.00 Å². The number of hydrogen-bond acceptors (Lipinski definition) is 5. The van der Waals surface area contributed by atoms with Crippen LogP contribution >= 0.6 is 0 Å². The summed E-state index contributed by atoms with van der Waals surface area (Å²) >= 11 is 0. The zero-order valence-electron chi connectivity index (χ0n) is 17.8. The van der Waals surface area contributed by atoms with Gasteiger partial charge in [0, 0.05) is 25.8 Å². The van der Waals surface area contributed by atoms with E-state index in [1.54, 1.807) is 23.6 Å². The van der Waals surface area contributed by atoms with Crippen LogP contribution < -0.4 is 0 Å². The first kappa shape index (κ1) is 20.3. The van der Waals surface area contributed by atoms with Gasteiger partial charge in [-0.3, -0.25) is 14.3 Å². The second-order valence-electron chi connectivity index (χ2n) is 8.12. The van der Waals surface area contributed by atoms with E-state index in [4.69, 9.17) is 0 Å². The number of carbonyl (C=O) groups is 2. The quantitative estimate of drug-likeness (QED) is 0.467. The first-order chi connectivity index (χ1) is 14.4. The lowest BCUT2D eigenvalue weighted by Gasteiger charge is -2.27. The minimum absolute atomic E-state index is 0.144. The molecule has 1 aromatic heterocycles. The van der Waals surface area contributed by atoms with E-state index in [-0.39, 0.29) is 11.3 Å². The van der Waals surface area contributed by atoms with Crippen molar-refractivity contribution in [1.29, 1.82) is 0 Å². The van der Waals surface area contributed by atoms with Gasteiger partial charge in [0.15, 0.2) is 0 Å². The fraction of sp³-hybridized carbons (Fsp3) is 0.435. The Balaban J connectivity index is 1.79. The van der Waals surface area contributed by atoms with E-state index < -0.39 is 17.7 Å². The molecule has 0 radical (unpaired) electrons. The average molecular weight is 409 g/mol. The van der Waals surface area contributed by atoms with Gasteiger partial charge in [0.2, 0.25) is 0 Å². The van der Waals surface area contributed by atoms with Crippen molar-refractivity contribution in [3.8, 4) is 0 Å². The number of carbonyl (C=O) groups excluding carboxylic acids is 2. The van der Waals surface area contributed by atoms with E-state index in [0.717, 1.165) is 30.9 Å². The Hall–Kier alpha value is -2.93. The number of aliphatic hydroxyl groups is 1. The van der Waals surface area contributed by atoms with Gasteiger partial charge in [-0.15, -0.1) is 0 Å². The average Bonchev–Trinajstić information content (AvgIpc) is 3.40. The maximum absolute atomic E-state index is 13.1. The van der Waals surface area contributed by atoms with Gasteiger partial charge in [-0.25, -0.2) is 0 Å². The third-order valence-electron chi connectivity index (χ3n) is 6.26. The summed E-state index contributed by atoms with van der Waals surface area (Å²) in [6.07, 6.45) is 2.33. The van der Waals surface area contributed by atoms with Crippen LogP contribution in [0.1, 0.15) is 41.4 Å². The number of likely N-dealkylation sites (tertiary alicyclic amines) is 2. The highest BCUT2D eigenvalue weighted by Crippen LogP contribution is 2.40. The van der Waals surface area contributed by atoms with Crippen molar-refractivity contribution in [3.63, 3.8) is 0 Å². The van der Waals surface area contributed by atoms with Crippen molar-refractivity contribution in [3.05, 3.63) is 58.4 Å².